The Morgan fingerprint density at radius 1 is 1.11 bits per heavy atom. The number of nitriles is 1. The van der Waals surface area contributed by atoms with Crippen LogP contribution in [-0.2, 0) is 6.54 Å². The van der Waals surface area contributed by atoms with E-state index in [1.807, 2.05) is 0 Å². The van der Waals surface area contributed by atoms with Gasteiger partial charge in [-0.2, -0.15) is 5.26 Å². The predicted molar refractivity (Wildman–Crippen MR) is 61.9 cm³/mol. The summed E-state index contributed by atoms with van der Waals surface area (Å²) < 4.78 is 27.1. The van der Waals surface area contributed by atoms with Gasteiger partial charge in [0.15, 0.2) is 0 Å². The number of aliphatic hydroxyl groups excluding tert-OH is 3. The Hall–Kier alpha value is -1.59. The third-order valence-corrected chi connectivity index (χ3v) is 2.82. The Balaban J connectivity index is 2.92. The van der Waals surface area contributed by atoms with Gasteiger partial charge in [-0.25, -0.2) is 8.78 Å². The molecule has 0 aliphatic rings. The first-order valence-electron chi connectivity index (χ1n) is 5.47. The van der Waals surface area contributed by atoms with Crippen LogP contribution >= 0.6 is 0 Å². The monoisotopic (exact) mass is 272 g/mol. The minimum atomic E-state index is -1.42. The molecular formula is C12H14F2N2O3. The van der Waals surface area contributed by atoms with E-state index >= 15 is 0 Å². The second kappa shape index (κ2) is 6.54. The maximum atomic E-state index is 13.6. The van der Waals surface area contributed by atoms with Crippen LogP contribution in [0.4, 0.5) is 8.78 Å². The number of nitrogens with zero attached hydrogens (tertiary/aromatic N) is 1. The molecule has 0 fully saturated rings. The van der Waals surface area contributed by atoms with Crippen molar-refractivity contribution in [1.82, 2.24) is 5.32 Å². The highest BCUT2D eigenvalue weighted by Gasteiger charge is 2.28. The van der Waals surface area contributed by atoms with Gasteiger partial charge >= 0.3 is 0 Å². The lowest BCUT2D eigenvalue weighted by Gasteiger charge is -2.29. The van der Waals surface area contributed by atoms with Gasteiger partial charge in [0.2, 0.25) is 0 Å². The first kappa shape index (κ1) is 15.5. The van der Waals surface area contributed by atoms with Gasteiger partial charge in [-0.15, -0.1) is 0 Å². The smallest absolute Gasteiger partial charge is 0.131 e. The Kier molecular flexibility index (Phi) is 5.32. The molecule has 19 heavy (non-hydrogen) atoms. The number of hydrogen-bond acceptors (Lipinski definition) is 5. The number of aliphatic hydroxyl groups is 3. The fraction of sp³-hybridized carbons (Fsp3) is 0.417. The first-order chi connectivity index (χ1) is 9.01. The molecule has 0 bridgehead atoms. The molecule has 0 spiro atoms. The van der Waals surface area contributed by atoms with Gasteiger partial charge in [0.05, 0.1) is 37.0 Å². The third-order valence-electron chi connectivity index (χ3n) is 2.82. The lowest BCUT2D eigenvalue weighted by atomic mass is 10.0. The van der Waals surface area contributed by atoms with Gasteiger partial charge in [0.25, 0.3) is 0 Å². The second-order valence-corrected chi connectivity index (χ2v) is 4.14. The third kappa shape index (κ3) is 3.45. The summed E-state index contributed by atoms with van der Waals surface area (Å²) in [6, 6.07) is 3.40. The summed E-state index contributed by atoms with van der Waals surface area (Å²) in [7, 11) is 0. The van der Waals surface area contributed by atoms with E-state index in [0.29, 0.717) is 0 Å². The van der Waals surface area contributed by atoms with E-state index in [1.54, 1.807) is 6.07 Å². The largest absolute Gasteiger partial charge is 0.394 e. The first-order valence-corrected chi connectivity index (χ1v) is 5.47. The molecule has 0 saturated carbocycles. The normalized spacial score (nSPS) is 11.4. The SMILES string of the molecule is N#Cc1cc(F)c(CNC(CO)(CO)CO)c(F)c1. The van der Waals surface area contributed by atoms with E-state index in [2.05, 4.69) is 5.32 Å². The van der Waals surface area contributed by atoms with E-state index in [1.165, 1.54) is 0 Å². The summed E-state index contributed by atoms with van der Waals surface area (Å²) in [5.41, 5.74) is -1.90. The summed E-state index contributed by atoms with van der Waals surface area (Å²) in [5, 5.41) is 38.2. The van der Waals surface area contributed by atoms with Crippen LogP contribution in [0, 0.1) is 23.0 Å². The molecule has 7 heteroatoms. The molecule has 0 aliphatic heterocycles. The lowest BCUT2D eigenvalue weighted by Crippen LogP contribution is -2.54. The molecule has 4 N–H and O–H groups in total. The molecule has 0 saturated heterocycles. The highest BCUT2D eigenvalue weighted by atomic mass is 19.1. The van der Waals surface area contributed by atoms with E-state index in [0.717, 1.165) is 12.1 Å². The van der Waals surface area contributed by atoms with Crippen LogP contribution in [0.5, 0.6) is 0 Å². The summed E-state index contributed by atoms with van der Waals surface area (Å²) in [5.74, 6) is -1.82. The van der Waals surface area contributed by atoms with Gasteiger partial charge in [-0.1, -0.05) is 0 Å². The molecule has 0 atom stereocenters. The zero-order valence-electron chi connectivity index (χ0n) is 10.0. The highest BCUT2D eigenvalue weighted by molar-refractivity contribution is 5.34. The average Bonchev–Trinajstić information content (AvgIpc) is 2.42. The quantitative estimate of drug-likeness (QED) is 0.567. The second-order valence-electron chi connectivity index (χ2n) is 4.14. The van der Waals surface area contributed by atoms with Crippen LogP contribution in [0.1, 0.15) is 11.1 Å². The van der Waals surface area contributed by atoms with E-state index in [-0.39, 0.29) is 17.7 Å². The Labute approximate surface area is 108 Å². The standard InChI is InChI=1S/C12H14F2N2O3/c13-10-1-8(3-15)2-11(14)9(10)4-16-12(5-17,6-18)7-19/h1-2,16-19H,4-7H2. The molecule has 1 aromatic rings. The van der Waals surface area contributed by atoms with E-state index in [9.17, 15) is 8.78 Å². The minimum Gasteiger partial charge on any atom is -0.394 e. The Morgan fingerprint density at radius 2 is 1.58 bits per heavy atom. The van der Waals surface area contributed by atoms with Gasteiger partial charge in [-0.05, 0) is 12.1 Å². The summed E-state index contributed by atoms with van der Waals surface area (Å²) >= 11 is 0. The van der Waals surface area contributed by atoms with Gasteiger partial charge in [0, 0.05) is 12.1 Å². The van der Waals surface area contributed by atoms with Crippen LogP contribution < -0.4 is 5.32 Å². The zero-order valence-corrected chi connectivity index (χ0v) is 10.0. The van der Waals surface area contributed by atoms with Crippen molar-refractivity contribution in [3.63, 3.8) is 0 Å². The Bertz CT molecular complexity index is 453. The van der Waals surface area contributed by atoms with E-state index in [4.69, 9.17) is 20.6 Å². The molecule has 0 unspecified atom stereocenters. The van der Waals surface area contributed by atoms with Crippen LogP contribution in [0.2, 0.25) is 0 Å². The fourth-order valence-corrected chi connectivity index (χ4v) is 1.43. The van der Waals surface area contributed by atoms with Crippen LogP contribution in [0.3, 0.4) is 0 Å². The molecule has 5 nitrogen and oxygen atoms in total. The van der Waals surface area contributed by atoms with Gasteiger partial charge < -0.3 is 20.6 Å². The summed E-state index contributed by atoms with van der Waals surface area (Å²) in [6.45, 7) is -2.14. The number of hydrogen-bond donors (Lipinski definition) is 4. The topological polar surface area (TPSA) is 96.5 Å². The Morgan fingerprint density at radius 3 is 1.95 bits per heavy atom. The van der Waals surface area contributed by atoms with Crippen molar-refractivity contribution in [2.75, 3.05) is 19.8 Å². The molecule has 0 heterocycles. The number of nitrogens with one attached hydrogen (secondary N) is 1. The van der Waals surface area contributed by atoms with Crippen molar-refractivity contribution in [2.45, 2.75) is 12.1 Å². The molecule has 0 amide bonds. The van der Waals surface area contributed by atoms with E-state index < -0.39 is 37.0 Å². The highest BCUT2D eigenvalue weighted by Crippen LogP contribution is 2.16. The predicted octanol–water partition coefficient (Wildman–Crippen LogP) is -0.358. The molecule has 0 aromatic heterocycles. The van der Waals surface area contributed by atoms with Crippen LogP contribution in [0.15, 0.2) is 12.1 Å². The zero-order chi connectivity index (χ0) is 14.5. The van der Waals surface area contributed by atoms with Gasteiger partial charge in [-0.3, -0.25) is 0 Å². The van der Waals surface area contributed by atoms with Crippen molar-refractivity contribution in [3.05, 3.63) is 34.9 Å². The van der Waals surface area contributed by atoms with Gasteiger partial charge in [0.1, 0.15) is 11.6 Å². The summed E-state index contributed by atoms with van der Waals surface area (Å²) in [4.78, 5) is 0. The maximum Gasteiger partial charge on any atom is 0.131 e. The van der Waals surface area contributed by atoms with Crippen LogP contribution in [-0.4, -0.2) is 40.7 Å². The molecule has 1 rings (SSSR count). The van der Waals surface area contributed by atoms with Crippen LogP contribution in [0.25, 0.3) is 0 Å². The van der Waals surface area contributed by atoms with Crippen molar-refractivity contribution in [2.24, 2.45) is 0 Å². The molecule has 0 aliphatic carbocycles. The molecule has 0 radical (unpaired) electrons. The lowest BCUT2D eigenvalue weighted by molar-refractivity contribution is 0.0409. The minimum absolute atomic E-state index is 0.142. The number of rotatable bonds is 6. The maximum absolute atomic E-state index is 13.6. The molecule has 104 valence electrons. The number of halogens is 2. The van der Waals surface area contributed by atoms with Crippen molar-refractivity contribution < 1.29 is 24.1 Å². The summed E-state index contributed by atoms with van der Waals surface area (Å²) in [6.07, 6.45) is 0. The fourth-order valence-electron chi connectivity index (χ4n) is 1.43. The average molecular weight is 272 g/mol. The van der Waals surface area contributed by atoms with Crippen molar-refractivity contribution >= 4 is 0 Å². The molecular weight excluding hydrogens is 258 g/mol. The molecule has 1 aromatic carbocycles. The van der Waals surface area contributed by atoms with Crippen molar-refractivity contribution in [1.29, 1.82) is 5.26 Å². The van der Waals surface area contributed by atoms with Crippen molar-refractivity contribution in [3.8, 4) is 6.07 Å². The number of benzene rings is 1.